The number of amides is 2. The molecule has 24 rings (SSSR count). The lowest BCUT2D eigenvalue weighted by Gasteiger charge is -2.25. The van der Waals surface area contributed by atoms with Crippen LogP contribution in [0.2, 0.25) is 0 Å². The standard InChI is InChI=1S/2C25H25BrN6O3.2C24H23BrN6O3/c1-12-15-5-6-32(24(15)29-11-28-12)18-9-25(22(35)20(18)33)10-31(2)19(21(25)34)14-4-3-13-7-16(26)23(27)30-17(13)8-14;1-12-15-5-6-32(23(15)29-11-28-12)19-10-25(21(34)20(19)33)9-18(31(2)24(25)35)14-4-3-13-7-16(26)22(27)30-17(13)8-14;1-11-14-4-5-31(23(14)29-10-28-11)17-8-24(21(34)19(17)32)9-27-18(20(24)33)13-3-2-12-6-15(25)22(26)30-16(12)7-13;1-11-14-4-5-31(22(14)28-10-27-11)18-9-24(20(33)19(18)32)8-17(30-23(24)34)13-3-2-12-6-15(25)21(26)29-16(12)7-13/h3-8,11,18-20,22,33,35H,9-10H2,1-2H3,(H2,27,30);3-8,11,18-21,33-34H,9-10H2,1-2H3,(H2,27,30);2-7,10,17-19,21,27,32,34H,8-9H2,1H3,(H2,26,30);2-7,10,17-20,32-33H,8-9H2,1H3,(H2,26,29)(H,30,34). The van der Waals surface area contributed by atoms with Crippen LogP contribution in [0.3, 0.4) is 0 Å². The van der Waals surface area contributed by atoms with Crippen molar-refractivity contribution in [3.05, 3.63) is 234 Å². The van der Waals surface area contributed by atoms with Crippen LogP contribution in [0.5, 0.6) is 0 Å². The van der Waals surface area contributed by atoms with Crippen molar-refractivity contribution in [2.45, 2.75) is 163 Å². The van der Waals surface area contributed by atoms with E-state index in [-0.39, 0.29) is 42.0 Å². The fraction of sp³-hybridized carbons (Fsp3) is 0.347. The Bertz CT molecular complexity index is 7540. The van der Waals surface area contributed by atoms with E-state index in [2.05, 4.69) is 134 Å². The van der Waals surface area contributed by atoms with Crippen LogP contribution in [0.15, 0.2) is 189 Å². The van der Waals surface area contributed by atoms with Gasteiger partial charge in [0.05, 0.1) is 157 Å². The lowest BCUT2D eigenvalue weighted by molar-refractivity contribution is -0.141. The second kappa shape index (κ2) is 34.5. The fourth-order valence-corrected chi connectivity index (χ4v) is 24.5. The SMILES string of the molecule is Cc1ncnc2c1ccn2C1CC2(CC(c3ccc4cc(Br)c(N)nc4c3)N(C)C2=O)C(O)C1O.Cc1ncnc2c1ccn2C1CC2(CC(c3ccc4cc(Br)c(N)nc4c3)NC2=O)C(O)C1O.Cc1ncnc2c1ccn2C1CC2(CN(C)C(c3ccc4cc(Br)c(N)nc4c3)C2=O)C(O)C1O.Cc1ncnc2c1ccn2C1CC2(CNC(c3ccc4cc(Br)c(N)nc4c3)C2=O)C(O)C1O. The largest absolute Gasteiger partial charge is 0.389 e. The van der Waals surface area contributed by atoms with Gasteiger partial charge in [-0.05, 0) is 232 Å². The first-order valence-corrected chi connectivity index (χ1v) is 48.3. The number of carbonyl (C=O) groups is 4. The first-order valence-electron chi connectivity index (χ1n) is 45.1. The van der Waals surface area contributed by atoms with Crippen molar-refractivity contribution in [3.8, 4) is 0 Å². The van der Waals surface area contributed by atoms with Gasteiger partial charge in [0.2, 0.25) is 11.8 Å². The maximum atomic E-state index is 14.0. The third kappa shape index (κ3) is 14.7. The number of aliphatic hydroxyl groups excluding tert-OH is 8. The number of nitrogen functional groups attached to an aromatic ring is 4. The van der Waals surface area contributed by atoms with Crippen molar-refractivity contribution >= 4 is 198 Å². The van der Waals surface area contributed by atoms with Crippen LogP contribution >= 0.6 is 63.7 Å². The summed E-state index contributed by atoms with van der Waals surface area (Å²) in [6.07, 6.45) is 6.11. The number of rotatable bonds is 8. The number of hydrogen-bond donors (Lipinski definition) is 14. The second-order valence-electron chi connectivity index (χ2n) is 38.1. The molecule has 8 fully saturated rings. The van der Waals surface area contributed by atoms with Crippen LogP contribution in [-0.2, 0) is 19.2 Å². The van der Waals surface area contributed by atoms with Gasteiger partial charge in [0.1, 0.15) is 95.6 Å². The topological polar surface area (TPSA) is 539 Å². The van der Waals surface area contributed by atoms with Crippen molar-refractivity contribution in [1.82, 2.24) is 98.5 Å². The van der Waals surface area contributed by atoms with E-state index in [0.717, 1.165) is 113 Å². The molecule has 20 atom stereocenters. The van der Waals surface area contributed by atoms with Gasteiger partial charge in [0.15, 0.2) is 11.6 Å². The first kappa shape index (κ1) is 92.4. The molecule has 0 radical (unpaired) electrons. The Morgan fingerprint density at radius 3 is 1.13 bits per heavy atom. The number of carbonyl (C=O) groups excluding carboxylic acids is 4. The van der Waals surface area contributed by atoms with Gasteiger partial charge < -0.3 is 97.6 Å². The van der Waals surface area contributed by atoms with Gasteiger partial charge in [0, 0.05) is 88.0 Å². The van der Waals surface area contributed by atoms with Crippen LogP contribution < -0.4 is 33.6 Å². The number of benzene rings is 4. The van der Waals surface area contributed by atoms with Crippen LogP contribution in [-0.4, -0.2) is 228 Å². The molecule has 2 amide bonds. The van der Waals surface area contributed by atoms with E-state index in [0.29, 0.717) is 106 Å². The highest BCUT2D eigenvalue weighted by atomic mass is 79.9. The van der Waals surface area contributed by atoms with E-state index in [9.17, 15) is 60.0 Å². The molecule has 4 saturated carbocycles. The summed E-state index contributed by atoms with van der Waals surface area (Å²) in [5, 5.41) is 103. The summed E-state index contributed by atoms with van der Waals surface area (Å²) < 4.78 is 10.3. The van der Waals surface area contributed by atoms with E-state index in [1.54, 1.807) is 11.9 Å². The van der Waals surface area contributed by atoms with Crippen molar-refractivity contribution in [1.29, 1.82) is 0 Å². The molecular formula is C98H96Br4N24O12. The van der Waals surface area contributed by atoms with E-state index < -0.39 is 107 Å². The fourth-order valence-electron chi connectivity index (χ4n) is 23.2. The van der Waals surface area contributed by atoms with Gasteiger partial charge in [-0.3, -0.25) is 24.1 Å². The summed E-state index contributed by atoms with van der Waals surface area (Å²) >= 11 is 13.6. The summed E-state index contributed by atoms with van der Waals surface area (Å²) in [5.74, 6) is 0.909. The molecule has 16 aromatic rings. The number of anilines is 4. The van der Waals surface area contributed by atoms with Crippen LogP contribution in [0, 0.1) is 49.4 Å². The lowest BCUT2D eigenvalue weighted by atomic mass is 9.79. The summed E-state index contributed by atoms with van der Waals surface area (Å²) in [6.45, 7) is 8.21. The third-order valence-corrected chi connectivity index (χ3v) is 33.1. The molecular weight excluding hydrogens is 2020 g/mol. The van der Waals surface area contributed by atoms with Crippen LogP contribution in [0.1, 0.15) is 132 Å². The van der Waals surface area contributed by atoms with Crippen molar-refractivity contribution in [3.63, 3.8) is 0 Å². The average molecular weight is 2120 g/mol. The summed E-state index contributed by atoms with van der Waals surface area (Å²) in [6, 6.07) is 34.6. The molecule has 0 bridgehead atoms. The molecule has 16 heterocycles. The van der Waals surface area contributed by atoms with Gasteiger partial charge in [-0.2, -0.15) is 0 Å². The molecule has 4 aliphatic carbocycles. The number of nitrogens with zero attached hydrogens (tertiary/aromatic N) is 18. The minimum atomic E-state index is -1.20. The number of fused-ring (bicyclic) bond motifs is 8. The van der Waals surface area contributed by atoms with Gasteiger partial charge in [-0.1, -0.05) is 48.5 Å². The summed E-state index contributed by atoms with van der Waals surface area (Å²) in [4.78, 5) is 111. The summed E-state index contributed by atoms with van der Waals surface area (Å²) in [5.41, 5.74) is 31.7. The number of likely N-dealkylation sites (N-methyl/N-ethyl adjacent to an activating group) is 1. The Morgan fingerprint density at radius 1 is 0.377 bits per heavy atom. The number of hydrogen-bond acceptors (Lipinski definition) is 30. The molecule has 4 aliphatic heterocycles. The monoisotopic (exact) mass is 2120 g/mol. The molecule has 40 heteroatoms. The molecule has 4 spiro atoms. The maximum absolute atomic E-state index is 14.0. The number of nitrogens with one attached hydrogen (secondary N) is 2. The van der Waals surface area contributed by atoms with Gasteiger partial charge in [-0.15, -0.1) is 0 Å². The van der Waals surface area contributed by atoms with Crippen molar-refractivity contribution in [2.75, 3.05) is 50.1 Å². The number of Topliss-reactive ketones (excluding diaryl/α,β-unsaturated/α-hetero) is 2. The Labute approximate surface area is 820 Å². The van der Waals surface area contributed by atoms with E-state index in [1.807, 2.05) is 204 Å². The zero-order valence-corrected chi connectivity index (χ0v) is 81.5. The number of ketones is 2. The highest BCUT2D eigenvalue weighted by Gasteiger charge is 2.67. The third-order valence-electron chi connectivity index (χ3n) is 30.6. The van der Waals surface area contributed by atoms with Crippen LogP contribution in [0.4, 0.5) is 23.3 Å². The Hall–Kier alpha value is -12.0. The normalized spacial score (nSPS) is 29.0. The van der Waals surface area contributed by atoms with Gasteiger partial charge in [0.25, 0.3) is 0 Å². The molecule has 708 valence electrons. The van der Waals surface area contributed by atoms with E-state index >= 15 is 0 Å². The number of aromatic nitrogens is 16. The zero-order valence-electron chi connectivity index (χ0n) is 75.1. The highest BCUT2D eigenvalue weighted by molar-refractivity contribution is 9.11. The predicted octanol–water partition coefficient (Wildman–Crippen LogP) is 10.2. The number of aliphatic hydroxyl groups is 8. The van der Waals surface area contributed by atoms with E-state index in [1.165, 1.54) is 25.3 Å². The molecule has 12 aromatic heterocycles. The molecule has 8 aliphatic rings. The van der Waals surface area contributed by atoms with Gasteiger partial charge >= 0.3 is 0 Å². The molecule has 138 heavy (non-hydrogen) atoms. The number of aryl methyl sites for hydroxylation is 4. The predicted molar refractivity (Wildman–Crippen MR) is 529 cm³/mol. The first-order chi connectivity index (χ1) is 66.0. The zero-order chi connectivity index (χ0) is 96.8. The summed E-state index contributed by atoms with van der Waals surface area (Å²) in [7, 11) is 3.63. The van der Waals surface area contributed by atoms with Gasteiger partial charge in [-0.25, -0.2) is 59.8 Å². The molecule has 18 N–H and O–H groups in total. The second-order valence-corrected chi connectivity index (χ2v) is 41.5. The number of nitrogens with two attached hydrogens (primary N) is 4. The van der Waals surface area contributed by atoms with Crippen molar-refractivity contribution < 1.29 is 60.0 Å². The highest BCUT2D eigenvalue weighted by Crippen LogP contribution is 2.60. The minimum absolute atomic E-state index is 0.0965. The molecule has 4 aromatic carbocycles. The smallest absolute Gasteiger partial charge is 0.231 e. The Morgan fingerprint density at radius 2 is 0.710 bits per heavy atom. The van der Waals surface area contributed by atoms with E-state index in [4.69, 9.17) is 22.9 Å². The number of halogens is 4. The molecule has 4 saturated heterocycles. The molecule has 36 nitrogen and oxygen atoms in total. The Kier molecular flexibility index (Phi) is 23.1. The number of likely N-dealkylation sites (tertiary alicyclic amines) is 2. The Balaban J connectivity index is 0.000000110. The molecule has 20 unspecified atom stereocenters. The lowest BCUT2D eigenvalue weighted by Crippen LogP contribution is -2.42. The average Bonchev–Trinajstić information content (AvgIpc) is 1.53. The quantitative estimate of drug-likeness (QED) is 0.0672. The minimum Gasteiger partial charge on any atom is -0.389 e. The maximum Gasteiger partial charge on any atom is 0.231 e. The van der Waals surface area contributed by atoms with Crippen molar-refractivity contribution in [2.24, 2.45) is 21.7 Å². The van der Waals surface area contributed by atoms with Crippen LogP contribution in [0.25, 0.3) is 87.7 Å². The number of pyridine rings is 4.